The largest absolute Gasteiger partial charge is 0.497 e. The Morgan fingerprint density at radius 1 is 0.848 bits per heavy atom. The van der Waals surface area contributed by atoms with Crippen LogP contribution in [0.1, 0.15) is 0 Å². The van der Waals surface area contributed by atoms with Crippen LogP contribution in [0.15, 0.2) is 71.6 Å². The van der Waals surface area contributed by atoms with E-state index in [1.807, 2.05) is 11.5 Å². The first kappa shape index (κ1) is 22.1. The molecule has 0 spiro atoms. The van der Waals surface area contributed by atoms with Crippen molar-refractivity contribution in [2.75, 3.05) is 29.7 Å². The number of sulfonamides is 1. The number of hydrogen-bond acceptors (Lipinski definition) is 9. The molecule has 0 amide bonds. The Bertz CT molecular complexity index is 1410. The molecule has 0 bridgehead atoms. The number of hydrogen-bond donors (Lipinski definition) is 4. The summed E-state index contributed by atoms with van der Waals surface area (Å²) in [6.45, 7) is 0. The summed E-state index contributed by atoms with van der Waals surface area (Å²) in [6.07, 6.45) is 0. The second-order valence-electron chi connectivity index (χ2n) is 6.85. The summed E-state index contributed by atoms with van der Waals surface area (Å²) in [7, 11) is -1.00. The van der Waals surface area contributed by atoms with E-state index in [0.717, 1.165) is 0 Å². The van der Waals surface area contributed by atoms with Gasteiger partial charge in [0.1, 0.15) is 11.5 Å². The maximum Gasteiger partial charge on any atom is 0.263 e. The zero-order valence-electron chi connectivity index (χ0n) is 17.7. The molecule has 3 aromatic carbocycles. The third-order valence-corrected chi connectivity index (χ3v) is 6.07. The zero-order chi connectivity index (χ0) is 23.4. The first-order chi connectivity index (χ1) is 15.9. The topological polar surface area (TPSA) is 135 Å². The Morgan fingerprint density at radius 2 is 1.58 bits per heavy atom. The summed E-state index contributed by atoms with van der Waals surface area (Å²) in [6, 6.07) is 18.0. The van der Waals surface area contributed by atoms with Crippen LogP contribution in [0, 0.1) is 0 Å². The van der Waals surface area contributed by atoms with Crippen molar-refractivity contribution in [3.8, 4) is 11.5 Å². The number of ether oxygens (including phenoxy) is 2. The van der Waals surface area contributed by atoms with E-state index < -0.39 is 10.0 Å². The van der Waals surface area contributed by atoms with E-state index in [4.69, 9.17) is 14.7 Å². The fraction of sp³-hybridized carbons (Fsp3) is 0.0909. The number of para-hydroxylation sites is 2. The highest BCUT2D eigenvalue weighted by molar-refractivity contribution is 7.92. The molecule has 0 unspecified atom stereocenters. The summed E-state index contributed by atoms with van der Waals surface area (Å²) in [4.78, 5) is 8.97. The first-order valence-corrected chi connectivity index (χ1v) is 11.2. The second-order valence-corrected chi connectivity index (χ2v) is 8.53. The van der Waals surface area contributed by atoms with Gasteiger partial charge in [0.25, 0.3) is 10.0 Å². The van der Waals surface area contributed by atoms with Crippen molar-refractivity contribution in [3.63, 3.8) is 0 Å². The van der Waals surface area contributed by atoms with Gasteiger partial charge in [-0.05, 0) is 42.5 Å². The van der Waals surface area contributed by atoms with Crippen molar-refractivity contribution in [1.29, 1.82) is 0 Å². The van der Waals surface area contributed by atoms with Gasteiger partial charge in [0.2, 0.25) is 0 Å². The number of nitrogens with one attached hydrogen (secondary N) is 3. The summed E-state index contributed by atoms with van der Waals surface area (Å²) >= 11 is 0. The molecule has 4 aromatic rings. The number of aromatic nitrogens is 2. The lowest BCUT2D eigenvalue weighted by atomic mass is 10.2. The van der Waals surface area contributed by atoms with Crippen LogP contribution >= 0.6 is 0 Å². The van der Waals surface area contributed by atoms with Gasteiger partial charge in [-0.25, -0.2) is 18.4 Å². The highest BCUT2D eigenvalue weighted by Crippen LogP contribution is 2.34. The zero-order valence-corrected chi connectivity index (χ0v) is 18.6. The van der Waals surface area contributed by atoms with E-state index in [-0.39, 0.29) is 22.2 Å². The molecule has 0 aliphatic rings. The van der Waals surface area contributed by atoms with Crippen molar-refractivity contribution in [2.45, 2.75) is 4.90 Å². The number of anilines is 4. The maximum absolute atomic E-state index is 13.1. The summed E-state index contributed by atoms with van der Waals surface area (Å²) in [5.41, 5.74) is 3.74. The summed E-state index contributed by atoms with van der Waals surface area (Å²) in [5, 5.41) is 12.2. The predicted molar refractivity (Wildman–Crippen MR) is 125 cm³/mol. The second kappa shape index (κ2) is 9.18. The monoisotopic (exact) mass is 467 g/mol. The molecule has 0 radical (unpaired) electrons. The van der Waals surface area contributed by atoms with Gasteiger partial charge < -0.3 is 14.8 Å². The van der Waals surface area contributed by atoms with Crippen LogP contribution in [-0.2, 0) is 10.0 Å². The summed E-state index contributed by atoms with van der Waals surface area (Å²) in [5.74, 6) is 1.23. The molecule has 0 atom stereocenters. The van der Waals surface area contributed by atoms with Gasteiger partial charge in [-0.2, -0.15) is 0 Å². The van der Waals surface area contributed by atoms with E-state index in [9.17, 15) is 8.42 Å². The fourth-order valence-corrected chi connectivity index (χ4v) is 4.17. The number of rotatable bonds is 8. The summed E-state index contributed by atoms with van der Waals surface area (Å²) < 4.78 is 39.3. The minimum absolute atomic E-state index is 0.0130. The SMILES string of the molecule is COc1ccc(OC)c(Nc2nc3ccccc3nc2NS(=O)(=O)c2cccc(NO)c2)c1. The molecule has 33 heavy (non-hydrogen) atoms. The minimum atomic E-state index is -4.06. The molecule has 1 aromatic heterocycles. The number of fused-ring (bicyclic) bond motifs is 1. The minimum Gasteiger partial charge on any atom is -0.497 e. The van der Waals surface area contributed by atoms with Gasteiger partial charge in [0.15, 0.2) is 11.6 Å². The number of nitrogens with zero attached hydrogens (tertiary/aromatic N) is 2. The average molecular weight is 468 g/mol. The van der Waals surface area contributed by atoms with E-state index in [1.54, 1.807) is 36.4 Å². The van der Waals surface area contributed by atoms with Crippen LogP contribution in [-0.4, -0.2) is 37.8 Å². The molecule has 0 aliphatic heterocycles. The Morgan fingerprint density at radius 3 is 2.24 bits per heavy atom. The van der Waals surface area contributed by atoms with E-state index >= 15 is 0 Å². The molecule has 4 rings (SSSR count). The van der Waals surface area contributed by atoms with Gasteiger partial charge in [-0.15, -0.1) is 0 Å². The molecule has 0 aliphatic carbocycles. The Balaban J connectivity index is 1.80. The normalized spacial score (nSPS) is 11.1. The predicted octanol–water partition coefficient (Wildman–Crippen LogP) is 3.99. The molecular weight excluding hydrogens is 446 g/mol. The van der Waals surface area contributed by atoms with Crippen molar-refractivity contribution in [1.82, 2.24) is 9.97 Å². The lowest BCUT2D eigenvalue weighted by Crippen LogP contribution is -2.16. The third kappa shape index (κ3) is 4.73. The third-order valence-electron chi connectivity index (χ3n) is 4.73. The smallest absolute Gasteiger partial charge is 0.263 e. The molecule has 0 fully saturated rings. The van der Waals surface area contributed by atoms with Crippen LogP contribution in [0.4, 0.5) is 23.0 Å². The molecular formula is C22H21N5O5S. The molecule has 1 heterocycles. The Kier molecular flexibility index (Phi) is 6.16. The number of methoxy groups -OCH3 is 2. The van der Waals surface area contributed by atoms with E-state index in [0.29, 0.717) is 28.2 Å². The first-order valence-electron chi connectivity index (χ1n) is 9.72. The molecule has 10 nitrogen and oxygen atoms in total. The maximum atomic E-state index is 13.1. The highest BCUT2D eigenvalue weighted by atomic mass is 32.2. The Hall–Kier alpha value is -4.09. The van der Waals surface area contributed by atoms with E-state index in [1.165, 1.54) is 38.5 Å². The Labute approximate surface area is 190 Å². The lowest BCUT2D eigenvalue weighted by molar-refractivity contribution is 0.388. The van der Waals surface area contributed by atoms with Crippen LogP contribution in [0.25, 0.3) is 11.0 Å². The fourth-order valence-electron chi connectivity index (χ4n) is 3.12. The number of benzene rings is 3. The van der Waals surface area contributed by atoms with Gasteiger partial charge in [0, 0.05) is 6.07 Å². The van der Waals surface area contributed by atoms with Gasteiger partial charge >= 0.3 is 0 Å². The van der Waals surface area contributed by atoms with Crippen LogP contribution in [0.5, 0.6) is 11.5 Å². The molecule has 0 saturated carbocycles. The van der Waals surface area contributed by atoms with Crippen molar-refractivity contribution in [2.24, 2.45) is 0 Å². The van der Waals surface area contributed by atoms with Crippen molar-refractivity contribution >= 4 is 44.1 Å². The van der Waals surface area contributed by atoms with Gasteiger partial charge in [-0.1, -0.05) is 18.2 Å². The van der Waals surface area contributed by atoms with Crippen LogP contribution in [0.3, 0.4) is 0 Å². The van der Waals surface area contributed by atoms with E-state index in [2.05, 4.69) is 20.0 Å². The molecule has 0 saturated heterocycles. The molecule has 170 valence electrons. The van der Waals surface area contributed by atoms with Gasteiger partial charge in [-0.3, -0.25) is 15.4 Å². The average Bonchev–Trinajstić information content (AvgIpc) is 2.84. The molecule has 4 N–H and O–H groups in total. The molecule has 11 heteroatoms. The van der Waals surface area contributed by atoms with Crippen molar-refractivity contribution < 1.29 is 23.1 Å². The van der Waals surface area contributed by atoms with Crippen molar-refractivity contribution in [3.05, 3.63) is 66.7 Å². The lowest BCUT2D eigenvalue weighted by Gasteiger charge is -2.16. The quantitative estimate of drug-likeness (QED) is 0.284. The standard InChI is InChI=1S/C22H21N5O5S/c1-31-15-10-11-20(32-2)19(13-15)25-21-22(24-18-9-4-3-8-17(18)23-21)27-33(29,30)16-7-5-6-14(12-16)26-28/h3-13,26,28H,1-2H3,(H,23,25)(H,24,27). The van der Waals surface area contributed by atoms with Gasteiger partial charge in [0.05, 0.1) is 41.5 Å². The highest BCUT2D eigenvalue weighted by Gasteiger charge is 2.20. The van der Waals surface area contributed by atoms with Crippen LogP contribution < -0.4 is 25.0 Å². The van der Waals surface area contributed by atoms with Crippen LogP contribution in [0.2, 0.25) is 0 Å².